The number of carbonyl (C=O) groups is 1. The standard InChI is InChI=1S/C18H15ClFN3O2S/c1-23-17(10-25-13-8-6-12(19)7-9-13)21-22-18(23)26-11-16(24)14-4-2-3-5-15(14)20/h2-9H,10-11H2,1H3. The van der Waals surface area contributed by atoms with E-state index >= 15 is 0 Å². The number of ether oxygens (including phenoxy) is 1. The SMILES string of the molecule is Cn1c(COc2ccc(Cl)cc2)nnc1SCC(=O)c1ccccc1F. The predicted octanol–water partition coefficient (Wildman–Crippen LogP) is 4.16. The molecule has 0 N–H and O–H groups in total. The predicted molar refractivity (Wildman–Crippen MR) is 98.2 cm³/mol. The maximum Gasteiger partial charge on any atom is 0.191 e. The van der Waals surface area contributed by atoms with Crippen LogP contribution in [-0.4, -0.2) is 26.3 Å². The van der Waals surface area contributed by atoms with Crippen LogP contribution in [0.5, 0.6) is 5.75 Å². The van der Waals surface area contributed by atoms with Crippen molar-refractivity contribution in [3.63, 3.8) is 0 Å². The molecular formula is C18H15ClFN3O2S. The van der Waals surface area contributed by atoms with Gasteiger partial charge in [0.05, 0.1) is 11.3 Å². The molecule has 3 rings (SSSR count). The van der Waals surface area contributed by atoms with Crippen molar-refractivity contribution >= 4 is 29.1 Å². The fraction of sp³-hybridized carbons (Fsp3) is 0.167. The Hall–Kier alpha value is -2.38. The van der Waals surface area contributed by atoms with Gasteiger partial charge in [0.15, 0.2) is 16.8 Å². The molecule has 0 fully saturated rings. The molecule has 134 valence electrons. The summed E-state index contributed by atoms with van der Waals surface area (Å²) in [6, 6.07) is 12.9. The average Bonchev–Trinajstić information content (AvgIpc) is 2.99. The van der Waals surface area contributed by atoms with Gasteiger partial charge in [0.2, 0.25) is 0 Å². The van der Waals surface area contributed by atoms with Crippen LogP contribution in [0.2, 0.25) is 5.02 Å². The normalized spacial score (nSPS) is 10.7. The summed E-state index contributed by atoms with van der Waals surface area (Å²) in [6.07, 6.45) is 0. The largest absolute Gasteiger partial charge is 0.486 e. The van der Waals surface area contributed by atoms with E-state index in [1.54, 1.807) is 48.0 Å². The first-order valence-electron chi connectivity index (χ1n) is 7.72. The van der Waals surface area contributed by atoms with Crippen LogP contribution < -0.4 is 4.74 Å². The number of ketones is 1. The van der Waals surface area contributed by atoms with E-state index in [2.05, 4.69) is 10.2 Å². The smallest absolute Gasteiger partial charge is 0.191 e. The second-order valence-corrected chi connectivity index (χ2v) is 6.77. The molecule has 0 aliphatic carbocycles. The molecule has 26 heavy (non-hydrogen) atoms. The van der Waals surface area contributed by atoms with Gasteiger partial charge in [-0.15, -0.1) is 10.2 Å². The second-order valence-electron chi connectivity index (χ2n) is 5.39. The number of thioether (sulfide) groups is 1. The van der Waals surface area contributed by atoms with Crippen molar-refractivity contribution in [2.75, 3.05) is 5.75 Å². The number of nitrogens with zero attached hydrogens (tertiary/aromatic N) is 3. The molecule has 8 heteroatoms. The van der Waals surface area contributed by atoms with Crippen LogP contribution in [0, 0.1) is 5.82 Å². The first-order chi connectivity index (χ1) is 12.5. The number of Topliss-reactive ketones (excluding diaryl/α,β-unsaturated/α-hetero) is 1. The third-order valence-corrected chi connectivity index (χ3v) is 4.89. The number of rotatable bonds is 7. The Kier molecular flexibility index (Phi) is 5.90. The third kappa shape index (κ3) is 4.42. The summed E-state index contributed by atoms with van der Waals surface area (Å²) in [6.45, 7) is 0.229. The first-order valence-corrected chi connectivity index (χ1v) is 9.08. The van der Waals surface area contributed by atoms with Gasteiger partial charge in [0, 0.05) is 12.1 Å². The van der Waals surface area contributed by atoms with Crippen LogP contribution in [0.3, 0.4) is 0 Å². The summed E-state index contributed by atoms with van der Waals surface area (Å²) in [5, 5.41) is 9.32. The average molecular weight is 392 g/mol. The van der Waals surface area contributed by atoms with E-state index in [9.17, 15) is 9.18 Å². The van der Waals surface area contributed by atoms with E-state index in [-0.39, 0.29) is 23.7 Å². The second kappa shape index (κ2) is 8.33. The summed E-state index contributed by atoms with van der Waals surface area (Å²) < 4.78 is 21.0. The number of benzene rings is 2. The minimum Gasteiger partial charge on any atom is -0.486 e. The van der Waals surface area contributed by atoms with Crippen molar-refractivity contribution < 1.29 is 13.9 Å². The highest BCUT2D eigenvalue weighted by atomic mass is 35.5. The van der Waals surface area contributed by atoms with Crippen molar-refractivity contribution in [1.82, 2.24) is 14.8 Å². The summed E-state index contributed by atoms with van der Waals surface area (Å²) in [7, 11) is 1.79. The van der Waals surface area contributed by atoms with Gasteiger partial charge in [0.25, 0.3) is 0 Å². The molecule has 0 unspecified atom stereocenters. The Morgan fingerprint density at radius 2 is 1.92 bits per heavy atom. The molecule has 0 aliphatic heterocycles. The van der Waals surface area contributed by atoms with Gasteiger partial charge in [-0.1, -0.05) is 35.5 Å². The quantitative estimate of drug-likeness (QED) is 0.447. The minimum absolute atomic E-state index is 0.0744. The number of halogens is 2. The number of carbonyl (C=O) groups excluding carboxylic acids is 1. The van der Waals surface area contributed by atoms with Crippen LogP contribution >= 0.6 is 23.4 Å². The van der Waals surface area contributed by atoms with E-state index in [0.29, 0.717) is 21.8 Å². The van der Waals surface area contributed by atoms with Gasteiger partial charge in [-0.3, -0.25) is 4.79 Å². The minimum atomic E-state index is -0.520. The van der Waals surface area contributed by atoms with Gasteiger partial charge < -0.3 is 9.30 Å². The van der Waals surface area contributed by atoms with Gasteiger partial charge in [0.1, 0.15) is 18.2 Å². The van der Waals surface area contributed by atoms with E-state index < -0.39 is 5.82 Å². The summed E-state index contributed by atoms with van der Waals surface area (Å²) in [4.78, 5) is 12.1. The van der Waals surface area contributed by atoms with E-state index in [1.165, 1.54) is 23.9 Å². The monoisotopic (exact) mass is 391 g/mol. The molecule has 0 saturated heterocycles. The Morgan fingerprint density at radius 3 is 2.65 bits per heavy atom. The number of aromatic nitrogens is 3. The van der Waals surface area contributed by atoms with Crippen molar-refractivity contribution in [1.29, 1.82) is 0 Å². The van der Waals surface area contributed by atoms with Gasteiger partial charge in [-0.05, 0) is 36.4 Å². The zero-order valence-electron chi connectivity index (χ0n) is 13.9. The molecule has 0 radical (unpaired) electrons. The molecule has 1 aromatic heterocycles. The molecular weight excluding hydrogens is 377 g/mol. The van der Waals surface area contributed by atoms with E-state index in [1.807, 2.05) is 0 Å². The van der Waals surface area contributed by atoms with Crippen molar-refractivity contribution in [2.45, 2.75) is 11.8 Å². The molecule has 0 atom stereocenters. The third-order valence-electron chi connectivity index (χ3n) is 3.61. The van der Waals surface area contributed by atoms with Crippen molar-refractivity contribution in [3.05, 3.63) is 70.8 Å². The topological polar surface area (TPSA) is 57.0 Å². The van der Waals surface area contributed by atoms with E-state index in [0.717, 1.165) is 0 Å². The van der Waals surface area contributed by atoms with Gasteiger partial charge >= 0.3 is 0 Å². The summed E-state index contributed by atoms with van der Waals surface area (Å²) in [5.74, 6) is 0.538. The lowest BCUT2D eigenvalue weighted by Crippen LogP contribution is -2.07. The lowest BCUT2D eigenvalue weighted by atomic mass is 10.1. The molecule has 0 amide bonds. The molecule has 0 bridgehead atoms. The fourth-order valence-corrected chi connectivity index (χ4v) is 3.11. The zero-order chi connectivity index (χ0) is 18.5. The maximum atomic E-state index is 13.6. The van der Waals surface area contributed by atoms with Crippen molar-refractivity contribution in [2.24, 2.45) is 7.05 Å². The molecule has 0 aliphatic rings. The highest BCUT2D eigenvalue weighted by Gasteiger charge is 2.15. The molecule has 5 nitrogen and oxygen atoms in total. The first kappa shape index (κ1) is 18.4. The van der Waals surface area contributed by atoms with E-state index in [4.69, 9.17) is 16.3 Å². The fourth-order valence-electron chi connectivity index (χ4n) is 2.17. The van der Waals surface area contributed by atoms with Crippen molar-refractivity contribution in [3.8, 4) is 5.75 Å². The Morgan fingerprint density at radius 1 is 1.19 bits per heavy atom. The highest BCUT2D eigenvalue weighted by Crippen LogP contribution is 2.20. The Balaban J connectivity index is 1.59. The Bertz CT molecular complexity index is 915. The molecule has 1 heterocycles. The van der Waals surface area contributed by atoms with Gasteiger partial charge in [-0.25, -0.2) is 4.39 Å². The molecule has 3 aromatic rings. The zero-order valence-corrected chi connectivity index (χ0v) is 15.4. The van der Waals surface area contributed by atoms with Crippen LogP contribution in [0.1, 0.15) is 16.2 Å². The van der Waals surface area contributed by atoms with Crippen LogP contribution in [0.4, 0.5) is 4.39 Å². The van der Waals surface area contributed by atoms with Crippen LogP contribution in [0.15, 0.2) is 53.7 Å². The molecule has 0 spiro atoms. The lowest BCUT2D eigenvalue weighted by Gasteiger charge is -2.06. The summed E-state index contributed by atoms with van der Waals surface area (Å²) >= 11 is 7.04. The molecule has 2 aromatic carbocycles. The van der Waals surface area contributed by atoms with Crippen LogP contribution in [0.25, 0.3) is 0 Å². The Labute approximate surface area is 159 Å². The number of hydrogen-bond donors (Lipinski definition) is 0. The number of hydrogen-bond acceptors (Lipinski definition) is 5. The highest BCUT2D eigenvalue weighted by molar-refractivity contribution is 7.99. The summed E-state index contributed by atoms with van der Waals surface area (Å²) in [5.41, 5.74) is 0.0773. The maximum absolute atomic E-state index is 13.6. The molecule has 0 saturated carbocycles. The lowest BCUT2D eigenvalue weighted by molar-refractivity contribution is 0.101. The van der Waals surface area contributed by atoms with Crippen LogP contribution in [-0.2, 0) is 13.7 Å². The van der Waals surface area contributed by atoms with Gasteiger partial charge in [-0.2, -0.15) is 0 Å².